The van der Waals surface area contributed by atoms with Gasteiger partial charge in [-0.2, -0.15) is 0 Å². The third-order valence-electron chi connectivity index (χ3n) is 3.43. The van der Waals surface area contributed by atoms with Crippen molar-refractivity contribution in [3.05, 3.63) is 76.9 Å². The SMILES string of the molecule is CC(C)=CCc1ccc(CCc2ccccc2)cc1O. The van der Waals surface area contributed by atoms with Crippen molar-refractivity contribution in [2.24, 2.45) is 0 Å². The zero-order chi connectivity index (χ0) is 14.4. The predicted molar refractivity (Wildman–Crippen MR) is 85.1 cm³/mol. The van der Waals surface area contributed by atoms with Crippen LogP contribution in [0.2, 0.25) is 0 Å². The van der Waals surface area contributed by atoms with Gasteiger partial charge in [-0.3, -0.25) is 0 Å². The van der Waals surface area contributed by atoms with Gasteiger partial charge in [-0.15, -0.1) is 0 Å². The van der Waals surface area contributed by atoms with Gasteiger partial charge in [-0.05, 0) is 55.9 Å². The van der Waals surface area contributed by atoms with Gasteiger partial charge in [0.05, 0.1) is 0 Å². The third-order valence-corrected chi connectivity index (χ3v) is 3.43. The maximum Gasteiger partial charge on any atom is 0.119 e. The average Bonchev–Trinajstić information content (AvgIpc) is 2.45. The summed E-state index contributed by atoms with van der Waals surface area (Å²) in [5.74, 6) is 0.410. The Kier molecular flexibility index (Phi) is 5.00. The van der Waals surface area contributed by atoms with Gasteiger partial charge in [0.25, 0.3) is 0 Å². The molecule has 0 amide bonds. The van der Waals surface area contributed by atoms with Crippen LogP contribution in [0, 0.1) is 0 Å². The molecular formula is C19H22O. The van der Waals surface area contributed by atoms with Crippen LogP contribution in [-0.4, -0.2) is 5.11 Å². The lowest BCUT2D eigenvalue weighted by Gasteiger charge is -2.06. The Balaban J connectivity index is 2.00. The van der Waals surface area contributed by atoms with E-state index in [9.17, 15) is 5.11 Å². The van der Waals surface area contributed by atoms with Crippen LogP contribution in [0.1, 0.15) is 30.5 Å². The monoisotopic (exact) mass is 266 g/mol. The van der Waals surface area contributed by atoms with Crippen LogP contribution in [0.15, 0.2) is 60.2 Å². The molecule has 0 aliphatic heterocycles. The molecule has 2 rings (SSSR count). The molecule has 1 nitrogen and oxygen atoms in total. The Labute approximate surface area is 121 Å². The summed E-state index contributed by atoms with van der Waals surface area (Å²) in [6.07, 6.45) is 4.90. The van der Waals surface area contributed by atoms with Crippen LogP contribution in [0.3, 0.4) is 0 Å². The molecule has 0 aliphatic carbocycles. The van der Waals surface area contributed by atoms with Gasteiger partial charge in [0.15, 0.2) is 0 Å². The molecule has 0 atom stereocenters. The maximum atomic E-state index is 10.1. The lowest BCUT2D eigenvalue weighted by Crippen LogP contribution is -1.92. The summed E-state index contributed by atoms with van der Waals surface area (Å²) < 4.78 is 0. The Morgan fingerprint density at radius 1 is 0.950 bits per heavy atom. The van der Waals surface area contributed by atoms with Gasteiger partial charge in [0.1, 0.15) is 5.75 Å². The van der Waals surface area contributed by atoms with E-state index < -0.39 is 0 Å². The number of phenols is 1. The summed E-state index contributed by atoms with van der Waals surface area (Å²) in [6.45, 7) is 4.15. The predicted octanol–water partition coefficient (Wildman–Crippen LogP) is 4.69. The highest BCUT2D eigenvalue weighted by Gasteiger charge is 2.02. The molecule has 2 aromatic rings. The summed E-state index contributed by atoms with van der Waals surface area (Å²) in [5.41, 5.74) is 4.79. The van der Waals surface area contributed by atoms with Crippen molar-refractivity contribution in [1.82, 2.24) is 0 Å². The zero-order valence-electron chi connectivity index (χ0n) is 12.3. The number of rotatable bonds is 5. The third kappa shape index (κ3) is 4.27. The van der Waals surface area contributed by atoms with Gasteiger partial charge in [-0.25, -0.2) is 0 Å². The van der Waals surface area contributed by atoms with E-state index in [0.717, 1.165) is 24.8 Å². The summed E-state index contributed by atoms with van der Waals surface area (Å²) in [6, 6.07) is 16.5. The first-order chi connectivity index (χ1) is 9.65. The minimum atomic E-state index is 0.410. The molecule has 0 radical (unpaired) electrons. The van der Waals surface area contributed by atoms with Crippen molar-refractivity contribution < 1.29 is 5.11 Å². The summed E-state index contributed by atoms with van der Waals surface area (Å²) in [4.78, 5) is 0. The second-order valence-corrected chi connectivity index (χ2v) is 5.43. The van der Waals surface area contributed by atoms with E-state index in [1.54, 1.807) is 0 Å². The second kappa shape index (κ2) is 6.95. The van der Waals surface area contributed by atoms with E-state index in [1.807, 2.05) is 18.2 Å². The van der Waals surface area contributed by atoms with E-state index in [0.29, 0.717) is 5.75 Å². The molecule has 0 fully saturated rings. The van der Waals surface area contributed by atoms with Gasteiger partial charge in [0, 0.05) is 0 Å². The zero-order valence-corrected chi connectivity index (χ0v) is 12.3. The quantitative estimate of drug-likeness (QED) is 0.779. The smallest absolute Gasteiger partial charge is 0.119 e. The fraction of sp³-hybridized carbons (Fsp3) is 0.263. The van der Waals surface area contributed by atoms with Gasteiger partial charge in [-0.1, -0.05) is 54.1 Å². The molecule has 104 valence electrons. The first kappa shape index (κ1) is 14.4. The molecule has 20 heavy (non-hydrogen) atoms. The lowest BCUT2D eigenvalue weighted by atomic mass is 10.0. The standard InChI is InChI=1S/C19H22O/c1-15(2)8-12-18-13-11-17(14-19(18)20)10-9-16-6-4-3-5-7-16/h3-8,11,13-14,20H,9-10,12H2,1-2H3. The fourth-order valence-electron chi connectivity index (χ4n) is 2.18. The van der Waals surface area contributed by atoms with E-state index in [2.05, 4.69) is 50.3 Å². The molecule has 1 N–H and O–H groups in total. The van der Waals surface area contributed by atoms with Crippen molar-refractivity contribution in [3.8, 4) is 5.75 Å². The van der Waals surface area contributed by atoms with Crippen LogP contribution < -0.4 is 0 Å². The van der Waals surface area contributed by atoms with Crippen LogP contribution in [0.4, 0.5) is 0 Å². The minimum absolute atomic E-state index is 0.410. The molecule has 1 heteroatoms. The largest absolute Gasteiger partial charge is 0.508 e. The summed E-state index contributed by atoms with van der Waals surface area (Å²) >= 11 is 0. The molecule has 0 saturated heterocycles. The van der Waals surface area contributed by atoms with Crippen molar-refractivity contribution in [2.75, 3.05) is 0 Å². The number of phenolic OH excluding ortho intramolecular Hbond substituents is 1. The van der Waals surface area contributed by atoms with Crippen LogP contribution >= 0.6 is 0 Å². The first-order valence-corrected chi connectivity index (χ1v) is 7.13. The van der Waals surface area contributed by atoms with Crippen molar-refractivity contribution in [1.29, 1.82) is 0 Å². The van der Waals surface area contributed by atoms with Crippen molar-refractivity contribution in [2.45, 2.75) is 33.1 Å². The molecule has 0 aliphatic rings. The summed E-state index contributed by atoms with van der Waals surface area (Å²) in [7, 11) is 0. The van der Waals surface area contributed by atoms with E-state index in [1.165, 1.54) is 16.7 Å². The van der Waals surface area contributed by atoms with E-state index in [-0.39, 0.29) is 0 Å². The molecular weight excluding hydrogens is 244 g/mol. The van der Waals surface area contributed by atoms with Crippen LogP contribution in [-0.2, 0) is 19.3 Å². The minimum Gasteiger partial charge on any atom is -0.508 e. The van der Waals surface area contributed by atoms with Gasteiger partial charge < -0.3 is 5.11 Å². The maximum absolute atomic E-state index is 10.1. The lowest BCUT2D eigenvalue weighted by molar-refractivity contribution is 0.469. The average molecular weight is 266 g/mol. The molecule has 0 unspecified atom stereocenters. The Morgan fingerprint density at radius 2 is 1.65 bits per heavy atom. The molecule has 2 aromatic carbocycles. The number of hydrogen-bond acceptors (Lipinski definition) is 1. The van der Waals surface area contributed by atoms with Crippen LogP contribution in [0.5, 0.6) is 5.75 Å². The second-order valence-electron chi connectivity index (χ2n) is 5.43. The highest BCUT2D eigenvalue weighted by atomic mass is 16.3. The van der Waals surface area contributed by atoms with Gasteiger partial charge >= 0.3 is 0 Å². The highest BCUT2D eigenvalue weighted by molar-refractivity contribution is 5.38. The highest BCUT2D eigenvalue weighted by Crippen LogP contribution is 2.21. The Hall–Kier alpha value is -2.02. The molecule has 0 heterocycles. The number of benzene rings is 2. The molecule has 0 aromatic heterocycles. The number of aryl methyl sites for hydroxylation is 2. The normalized spacial score (nSPS) is 10.3. The fourth-order valence-corrected chi connectivity index (χ4v) is 2.18. The summed E-state index contributed by atoms with van der Waals surface area (Å²) in [5, 5.41) is 10.1. The van der Waals surface area contributed by atoms with E-state index in [4.69, 9.17) is 0 Å². The number of aromatic hydroxyl groups is 1. The number of hydrogen-bond donors (Lipinski definition) is 1. The van der Waals surface area contributed by atoms with Crippen molar-refractivity contribution in [3.63, 3.8) is 0 Å². The first-order valence-electron chi connectivity index (χ1n) is 7.13. The van der Waals surface area contributed by atoms with Crippen LogP contribution in [0.25, 0.3) is 0 Å². The topological polar surface area (TPSA) is 20.2 Å². The Morgan fingerprint density at radius 3 is 2.30 bits per heavy atom. The van der Waals surface area contributed by atoms with E-state index >= 15 is 0 Å². The molecule has 0 bridgehead atoms. The van der Waals surface area contributed by atoms with Crippen molar-refractivity contribution >= 4 is 0 Å². The Bertz CT molecular complexity index is 578. The molecule has 0 saturated carbocycles. The number of allylic oxidation sites excluding steroid dienone is 2. The molecule has 0 spiro atoms. The van der Waals surface area contributed by atoms with Gasteiger partial charge in [0.2, 0.25) is 0 Å².